The van der Waals surface area contributed by atoms with E-state index in [0.717, 1.165) is 11.8 Å². The van der Waals surface area contributed by atoms with Gasteiger partial charge in [-0.3, -0.25) is 0 Å². The Morgan fingerprint density at radius 3 is 2.78 bits per heavy atom. The van der Waals surface area contributed by atoms with Gasteiger partial charge in [-0.15, -0.1) is 11.6 Å². The molecule has 0 aliphatic heterocycles. The molecule has 1 saturated carbocycles. The van der Waals surface area contributed by atoms with E-state index in [4.69, 9.17) is 11.6 Å². The van der Waals surface area contributed by atoms with Crippen LogP contribution < -0.4 is 5.32 Å². The normalized spacial score (nSPS) is 22.0. The molecule has 1 atom stereocenters. The maximum atomic E-state index is 5.59. The van der Waals surface area contributed by atoms with Crippen molar-refractivity contribution in [2.45, 2.75) is 25.8 Å². The summed E-state index contributed by atoms with van der Waals surface area (Å²) in [7, 11) is 0. The summed E-state index contributed by atoms with van der Waals surface area (Å²) in [5, 5.41) is 3.36. The standard InChI is InChI=1S/C7H14ClN/c1-6(4-8)9-5-7-2-3-7/h6-7,9H,2-5H2,1H3. The largest absolute Gasteiger partial charge is 0.313 e. The van der Waals surface area contributed by atoms with Gasteiger partial charge in [0.1, 0.15) is 0 Å². The van der Waals surface area contributed by atoms with Crippen molar-refractivity contribution in [3.05, 3.63) is 0 Å². The van der Waals surface area contributed by atoms with Crippen molar-refractivity contribution < 1.29 is 0 Å². The zero-order chi connectivity index (χ0) is 6.69. The molecule has 0 spiro atoms. The van der Waals surface area contributed by atoms with E-state index >= 15 is 0 Å². The summed E-state index contributed by atoms with van der Waals surface area (Å²) in [4.78, 5) is 0. The van der Waals surface area contributed by atoms with E-state index in [0.29, 0.717) is 6.04 Å². The fourth-order valence-corrected chi connectivity index (χ4v) is 0.853. The van der Waals surface area contributed by atoms with Crippen molar-refractivity contribution in [2.75, 3.05) is 12.4 Å². The minimum atomic E-state index is 0.493. The lowest BCUT2D eigenvalue weighted by atomic mass is 10.3. The van der Waals surface area contributed by atoms with Gasteiger partial charge in [-0.1, -0.05) is 0 Å². The number of hydrogen-bond acceptors (Lipinski definition) is 1. The Morgan fingerprint density at radius 1 is 1.67 bits per heavy atom. The molecule has 0 heterocycles. The molecule has 0 saturated heterocycles. The molecule has 0 aromatic rings. The summed E-state index contributed by atoms with van der Waals surface area (Å²) >= 11 is 5.59. The van der Waals surface area contributed by atoms with E-state index in [1.807, 2.05) is 0 Å². The Morgan fingerprint density at radius 2 is 2.33 bits per heavy atom. The van der Waals surface area contributed by atoms with Crippen LogP contribution in [-0.2, 0) is 0 Å². The summed E-state index contributed by atoms with van der Waals surface area (Å²) in [5.41, 5.74) is 0. The Bertz CT molecular complexity index is 81.0. The summed E-state index contributed by atoms with van der Waals surface area (Å²) < 4.78 is 0. The third kappa shape index (κ3) is 3.07. The van der Waals surface area contributed by atoms with Crippen molar-refractivity contribution in [3.8, 4) is 0 Å². The first kappa shape index (κ1) is 7.36. The topological polar surface area (TPSA) is 12.0 Å². The molecule has 1 aliphatic rings. The van der Waals surface area contributed by atoms with Crippen molar-refractivity contribution in [1.82, 2.24) is 5.32 Å². The second-order valence-corrected chi connectivity index (χ2v) is 3.22. The molecule has 1 nitrogen and oxygen atoms in total. The van der Waals surface area contributed by atoms with Crippen LogP contribution in [0.15, 0.2) is 0 Å². The second-order valence-electron chi connectivity index (χ2n) is 2.91. The van der Waals surface area contributed by atoms with Crippen LogP contribution in [0.1, 0.15) is 19.8 Å². The van der Waals surface area contributed by atoms with Crippen LogP contribution in [0, 0.1) is 5.92 Å². The molecule has 1 fully saturated rings. The van der Waals surface area contributed by atoms with Crippen LogP contribution in [0.2, 0.25) is 0 Å². The molecule has 2 heteroatoms. The van der Waals surface area contributed by atoms with Gasteiger partial charge in [0.2, 0.25) is 0 Å². The average molecular weight is 148 g/mol. The molecule has 54 valence electrons. The highest BCUT2D eigenvalue weighted by molar-refractivity contribution is 6.18. The van der Waals surface area contributed by atoms with Gasteiger partial charge in [-0.05, 0) is 32.2 Å². The van der Waals surface area contributed by atoms with Gasteiger partial charge in [0.25, 0.3) is 0 Å². The average Bonchev–Trinajstić information content (AvgIpc) is 2.65. The summed E-state index contributed by atoms with van der Waals surface area (Å²) in [6, 6.07) is 0.493. The molecule has 0 aromatic carbocycles. The summed E-state index contributed by atoms with van der Waals surface area (Å²) in [6.45, 7) is 3.29. The quantitative estimate of drug-likeness (QED) is 0.596. The maximum Gasteiger partial charge on any atom is 0.0374 e. The van der Waals surface area contributed by atoms with Crippen molar-refractivity contribution in [1.29, 1.82) is 0 Å². The van der Waals surface area contributed by atoms with E-state index in [9.17, 15) is 0 Å². The first-order valence-electron chi connectivity index (χ1n) is 3.62. The molecule has 0 bridgehead atoms. The van der Waals surface area contributed by atoms with Crippen LogP contribution in [0.4, 0.5) is 0 Å². The fraction of sp³-hybridized carbons (Fsp3) is 1.00. The van der Waals surface area contributed by atoms with Gasteiger partial charge in [-0.25, -0.2) is 0 Å². The van der Waals surface area contributed by atoms with Crippen molar-refractivity contribution >= 4 is 11.6 Å². The van der Waals surface area contributed by atoms with Gasteiger partial charge in [-0.2, -0.15) is 0 Å². The monoisotopic (exact) mass is 147 g/mol. The molecule has 1 rings (SSSR count). The van der Waals surface area contributed by atoms with Gasteiger partial charge >= 0.3 is 0 Å². The maximum absolute atomic E-state index is 5.59. The Labute approximate surface area is 61.8 Å². The lowest BCUT2D eigenvalue weighted by Gasteiger charge is -2.08. The molecule has 1 N–H and O–H groups in total. The van der Waals surface area contributed by atoms with Gasteiger partial charge < -0.3 is 5.32 Å². The van der Waals surface area contributed by atoms with Crippen LogP contribution in [0.3, 0.4) is 0 Å². The molecule has 0 radical (unpaired) electrons. The highest BCUT2D eigenvalue weighted by Crippen LogP contribution is 2.27. The van der Waals surface area contributed by atoms with Gasteiger partial charge in [0, 0.05) is 11.9 Å². The Kier molecular flexibility index (Phi) is 2.80. The second kappa shape index (κ2) is 3.43. The van der Waals surface area contributed by atoms with Crippen molar-refractivity contribution in [3.63, 3.8) is 0 Å². The molecule has 0 aromatic heterocycles. The first-order chi connectivity index (χ1) is 4.33. The molecular formula is C7H14ClN. The number of nitrogens with one attached hydrogen (secondary N) is 1. The third-order valence-corrected chi connectivity index (χ3v) is 2.15. The zero-order valence-corrected chi connectivity index (χ0v) is 6.62. The molecule has 0 amide bonds. The van der Waals surface area contributed by atoms with Crippen LogP contribution in [0.5, 0.6) is 0 Å². The summed E-state index contributed by atoms with van der Waals surface area (Å²) in [6.07, 6.45) is 2.84. The van der Waals surface area contributed by atoms with Gasteiger partial charge in [0.15, 0.2) is 0 Å². The predicted octanol–water partition coefficient (Wildman–Crippen LogP) is 1.61. The molecule has 1 aliphatic carbocycles. The minimum Gasteiger partial charge on any atom is -0.313 e. The highest BCUT2D eigenvalue weighted by Gasteiger charge is 2.20. The van der Waals surface area contributed by atoms with E-state index in [1.54, 1.807) is 0 Å². The SMILES string of the molecule is CC(CCl)NCC1CC1. The van der Waals surface area contributed by atoms with Crippen LogP contribution in [0.25, 0.3) is 0 Å². The number of hydrogen-bond donors (Lipinski definition) is 1. The van der Waals surface area contributed by atoms with Crippen LogP contribution >= 0.6 is 11.6 Å². The molecular weight excluding hydrogens is 134 g/mol. The van der Waals surface area contributed by atoms with Crippen molar-refractivity contribution in [2.24, 2.45) is 5.92 Å². The Hall–Kier alpha value is 0.250. The number of halogens is 1. The van der Waals surface area contributed by atoms with E-state index < -0.39 is 0 Å². The third-order valence-electron chi connectivity index (χ3n) is 1.68. The number of rotatable bonds is 4. The lowest BCUT2D eigenvalue weighted by molar-refractivity contribution is 0.564. The zero-order valence-electron chi connectivity index (χ0n) is 5.86. The van der Waals surface area contributed by atoms with E-state index in [-0.39, 0.29) is 0 Å². The molecule has 1 unspecified atom stereocenters. The smallest absolute Gasteiger partial charge is 0.0374 e. The number of alkyl halides is 1. The lowest BCUT2D eigenvalue weighted by Crippen LogP contribution is -2.29. The van der Waals surface area contributed by atoms with E-state index in [2.05, 4.69) is 12.2 Å². The fourth-order valence-electron chi connectivity index (χ4n) is 0.744. The van der Waals surface area contributed by atoms with E-state index in [1.165, 1.54) is 19.4 Å². The highest BCUT2D eigenvalue weighted by atomic mass is 35.5. The minimum absolute atomic E-state index is 0.493. The predicted molar refractivity (Wildman–Crippen MR) is 40.9 cm³/mol. The Balaban J connectivity index is 1.90. The molecule has 9 heavy (non-hydrogen) atoms. The summed E-state index contributed by atoms with van der Waals surface area (Å²) in [5.74, 6) is 1.70. The van der Waals surface area contributed by atoms with Crippen LogP contribution in [-0.4, -0.2) is 18.5 Å². The van der Waals surface area contributed by atoms with Gasteiger partial charge in [0.05, 0.1) is 0 Å². The first-order valence-corrected chi connectivity index (χ1v) is 4.15.